The molecule has 0 aromatic heterocycles. The number of hydrogen-bond donors (Lipinski definition) is 1. The Morgan fingerprint density at radius 1 is 1.35 bits per heavy atom. The number of nitrogen functional groups attached to an aromatic ring is 1. The molecule has 20 heavy (non-hydrogen) atoms. The molecule has 0 amide bonds. The molecule has 0 heterocycles. The number of benzene rings is 1. The Labute approximate surface area is 117 Å². The maximum atomic E-state index is 12.0. The van der Waals surface area contributed by atoms with E-state index in [1.54, 1.807) is 19.1 Å². The molecule has 0 saturated heterocycles. The van der Waals surface area contributed by atoms with Gasteiger partial charge < -0.3 is 15.2 Å². The molecule has 0 aliphatic carbocycles. The summed E-state index contributed by atoms with van der Waals surface area (Å²) in [5, 5.41) is 0. The van der Waals surface area contributed by atoms with Crippen molar-refractivity contribution in [3.63, 3.8) is 0 Å². The Balaban J connectivity index is 2.56. The summed E-state index contributed by atoms with van der Waals surface area (Å²) in [6, 6.07) is 4.72. The van der Waals surface area contributed by atoms with Gasteiger partial charge in [0.2, 0.25) is 0 Å². The molecule has 0 fully saturated rings. The first-order valence-electron chi connectivity index (χ1n) is 5.88. The molecule has 0 aliphatic rings. The van der Waals surface area contributed by atoms with Crippen LogP contribution in [0, 0.1) is 0 Å². The monoisotopic (exact) mass is 311 g/mol. The van der Waals surface area contributed by atoms with E-state index in [1.807, 2.05) is 0 Å². The Bertz CT molecular complexity index is 466. The highest BCUT2D eigenvalue weighted by Gasteiger charge is 2.27. The SMILES string of the molecule is CCOc1ccc(N)c(S(=O)CCOCC(F)(F)F)c1. The summed E-state index contributed by atoms with van der Waals surface area (Å²) in [5.41, 5.74) is 6.00. The Morgan fingerprint density at radius 2 is 2.05 bits per heavy atom. The number of ether oxygens (including phenoxy) is 2. The number of alkyl halides is 3. The van der Waals surface area contributed by atoms with Gasteiger partial charge in [-0.3, -0.25) is 4.21 Å². The van der Waals surface area contributed by atoms with Crippen molar-refractivity contribution in [2.45, 2.75) is 18.0 Å². The van der Waals surface area contributed by atoms with Crippen molar-refractivity contribution in [2.75, 3.05) is 31.3 Å². The van der Waals surface area contributed by atoms with Crippen molar-refractivity contribution in [1.82, 2.24) is 0 Å². The molecule has 1 unspecified atom stereocenters. The van der Waals surface area contributed by atoms with Gasteiger partial charge in [-0.2, -0.15) is 13.2 Å². The lowest BCUT2D eigenvalue weighted by atomic mass is 10.3. The minimum atomic E-state index is -4.38. The molecule has 1 aromatic carbocycles. The first kappa shape index (κ1) is 16.8. The quantitative estimate of drug-likeness (QED) is 0.620. The van der Waals surface area contributed by atoms with Gasteiger partial charge >= 0.3 is 6.18 Å². The average Bonchev–Trinajstić information content (AvgIpc) is 2.36. The van der Waals surface area contributed by atoms with E-state index in [9.17, 15) is 17.4 Å². The van der Waals surface area contributed by atoms with Crippen molar-refractivity contribution < 1.29 is 26.9 Å². The molecule has 0 radical (unpaired) electrons. The Hall–Kier alpha value is -1.28. The Morgan fingerprint density at radius 3 is 2.65 bits per heavy atom. The minimum absolute atomic E-state index is 0.0597. The highest BCUT2D eigenvalue weighted by Crippen LogP contribution is 2.23. The van der Waals surface area contributed by atoms with Crippen LogP contribution in [0.1, 0.15) is 6.92 Å². The third-order valence-electron chi connectivity index (χ3n) is 2.22. The van der Waals surface area contributed by atoms with Crippen molar-refractivity contribution in [3.8, 4) is 5.75 Å². The summed E-state index contributed by atoms with van der Waals surface area (Å²) >= 11 is 0. The molecule has 0 saturated carbocycles. The zero-order valence-corrected chi connectivity index (χ0v) is 11.7. The van der Waals surface area contributed by atoms with E-state index in [2.05, 4.69) is 4.74 Å². The zero-order valence-electron chi connectivity index (χ0n) is 10.9. The van der Waals surface area contributed by atoms with Crippen LogP contribution in [0.2, 0.25) is 0 Å². The lowest BCUT2D eigenvalue weighted by Gasteiger charge is -2.10. The highest BCUT2D eigenvalue weighted by atomic mass is 32.2. The molecule has 0 spiro atoms. The molecule has 1 aromatic rings. The van der Waals surface area contributed by atoms with Crippen LogP contribution in [0.15, 0.2) is 23.1 Å². The smallest absolute Gasteiger partial charge is 0.411 e. The first-order chi connectivity index (χ1) is 9.33. The van der Waals surface area contributed by atoms with Gasteiger partial charge in [-0.05, 0) is 25.1 Å². The zero-order chi connectivity index (χ0) is 15.2. The van der Waals surface area contributed by atoms with Crippen molar-refractivity contribution >= 4 is 16.5 Å². The fourth-order valence-corrected chi connectivity index (χ4v) is 2.47. The topological polar surface area (TPSA) is 61.5 Å². The Kier molecular flexibility index (Phi) is 6.28. The summed E-state index contributed by atoms with van der Waals surface area (Å²) in [6.45, 7) is 0.645. The van der Waals surface area contributed by atoms with Crippen molar-refractivity contribution in [1.29, 1.82) is 0 Å². The first-order valence-corrected chi connectivity index (χ1v) is 7.20. The van der Waals surface area contributed by atoms with Gasteiger partial charge in [0.25, 0.3) is 0 Å². The lowest BCUT2D eigenvalue weighted by molar-refractivity contribution is -0.172. The van der Waals surface area contributed by atoms with Crippen LogP contribution in [0.3, 0.4) is 0 Å². The van der Waals surface area contributed by atoms with Crippen LogP contribution >= 0.6 is 0 Å². The standard InChI is InChI=1S/C12H16F3NO3S/c1-2-19-9-3-4-10(16)11(7-9)20(17)6-5-18-8-12(13,14)15/h3-4,7H,2,5-6,8,16H2,1H3. The molecular weight excluding hydrogens is 295 g/mol. The third-order valence-corrected chi connectivity index (χ3v) is 3.60. The number of rotatable bonds is 7. The fourth-order valence-electron chi connectivity index (χ4n) is 1.40. The van der Waals surface area contributed by atoms with E-state index in [0.29, 0.717) is 22.9 Å². The third kappa shape index (κ3) is 5.79. The summed E-state index contributed by atoms with van der Waals surface area (Å²) in [7, 11) is -1.53. The molecule has 8 heteroatoms. The van der Waals surface area contributed by atoms with Gasteiger partial charge in [-0.25, -0.2) is 0 Å². The fraction of sp³-hybridized carbons (Fsp3) is 0.500. The van der Waals surface area contributed by atoms with Crippen LogP contribution in [-0.4, -0.2) is 36.0 Å². The van der Waals surface area contributed by atoms with E-state index in [4.69, 9.17) is 10.5 Å². The van der Waals surface area contributed by atoms with Crippen LogP contribution in [0.4, 0.5) is 18.9 Å². The van der Waals surface area contributed by atoms with Crippen LogP contribution in [0.5, 0.6) is 5.75 Å². The minimum Gasteiger partial charge on any atom is -0.494 e. The second-order valence-electron chi connectivity index (χ2n) is 3.85. The van der Waals surface area contributed by atoms with Gasteiger partial charge in [0, 0.05) is 5.69 Å². The van der Waals surface area contributed by atoms with Gasteiger partial charge in [0.15, 0.2) is 0 Å². The van der Waals surface area contributed by atoms with Crippen LogP contribution in [0.25, 0.3) is 0 Å². The molecular formula is C12H16F3NO3S. The molecule has 0 bridgehead atoms. The second-order valence-corrected chi connectivity index (χ2v) is 5.39. The summed E-state index contributed by atoms with van der Waals surface area (Å²) in [6.07, 6.45) is -4.38. The molecule has 114 valence electrons. The molecule has 1 rings (SSSR count). The van der Waals surface area contributed by atoms with E-state index < -0.39 is 23.6 Å². The normalized spacial score (nSPS) is 13.2. The van der Waals surface area contributed by atoms with Gasteiger partial charge in [0.05, 0.1) is 34.7 Å². The summed E-state index contributed by atoms with van der Waals surface area (Å²) < 4.78 is 57.2. The molecule has 2 N–H and O–H groups in total. The van der Waals surface area contributed by atoms with Gasteiger partial charge in [-0.15, -0.1) is 0 Å². The number of hydrogen-bond acceptors (Lipinski definition) is 4. The van der Waals surface area contributed by atoms with Crippen LogP contribution < -0.4 is 10.5 Å². The highest BCUT2D eigenvalue weighted by molar-refractivity contribution is 7.85. The van der Waals surface area contributed by atoms with E-state index in [0.717, 1.165) is 0 Å². The number of anilines is 1. The summed E-state index contributed by atoms with van der Waals surface area (Å²) in [5.74, 6) is 0.455. The molecule has 1 atom stereocenters. The number of nitrogens with two attached hydrogens (primary N) is 1. The van der Waals surface area contributed by atoms with Gasteiger partial charge in [-0.1, -0.05) is 0 Å². The van der Waals surface area contributed by atoms with Crippen molar-refractivity contribution in [3.05, 3.63) is 18.2 Å². The van der Waals surface area contributed by atoms with Crippen LogP contribution in [-0.2, 0) is 15.5 Å². The lowest BCUT2D eigenvalue weighted by Crippen LogP contribution is -2.19. The van der Waals surface area contributed by atoms with Crippen molar-refractivity contribution in [2.24, 2.45) is 0 Å². The predicted octanol–water partition coefficient (Wildman–Crippen LogP) is 2.35. The maximum Gasteiger partial charge on any atom is 0.411 e. The van der Waals surface area contributed by atoms with E-state index >= 15 is 0 Å². The van der Waals surface area contributed by atoms with Gasteiger partial charge in [0.1, 0.15) is 12.4 Å². The average molecular weight is 311 g/mol. The second kappa shape index (κ2) is 7.49. The molecule has 4 nitrogen and oxygen atoms in total. The molecule has 0 aliphatic heterocycles. The maximum absolute atomic E-state index is 12.0. The number of halogens is 3. The van der Waals surface area contributed by atoms with E-state index in [-0.39, 0.29) is 12.4 Å². The predicted molar refractivity (Wildman–Crippen MR) is 70.2 cm³/mol. The summed E-state index contributed by atoms with van der Waals surface area (Å²) in [4.78, 5) is 0.339. The largest absolute Gasteiger partial charge is 0.494 e. The van der Waals surface area contributed by atoms with E-state index in [1.165, 1.54) is 6.07 Å².